The third-order valence-electron chi connectivity index (χ3n) is 6.60. The van der Waals surface area contributed by atoms with Crippen LogP contribution in [-0.2, 0) is 24.4 Å². The molecule has 0 saturated heterocycles. The molecule has 1 aliphatic heterocycles. The van der Waals surface area contributed by atoms with E-state index in [4.69, 9.17) is 25.3 Å². The van der Waals surface area contributed by atoms with Crippen molar-refractivity contribution in [3.63, 3.8) is 0 Å². The highest BCUT2D eigenvalue weighted by atomic mass is 127. The number of ketones is 2. The first-order chi connectivity index (χ1) is 17.7. The van der Waals surface area contributed by atoms with E-state index in [1.54, 1.807) is 19.1 Å². The molecular formula is C27H24ClIO7S. The van der Waals surface area contributed by atoms with Crippen molar-refractivity contribution in [3.8, 4) is 11.5 Å². The summed E-state index contributed by atoms with van der Waals surface area (Å²) in [7, 11) is -4.18. The van der Waals surface area contributed by atoms with Gasteiger partial charge in [-0.15, -0.1) is 0 Å². The highest BCUT2D eigenvalue weighted by Crippen LogP contribution is 2.49. The molecular weight excluding hydrogens is 631 g/mol. The first kappa shape index (κ1) is 26.2. The zero-order valence-electron chi connectivity index (χ0n) is 20.0. The fourth-order valence-corrected chi connectivity index (χ4v) is 6.98. The lowest BCUT2D eigenvalue weighted by Crippen LogP contribution is -2.30. The number of hydrogen-bond donors (Lipinski definition) is 0. The number of rotatable bonds is 6. The van der Waals surface area contributed by atoms with Crippen LogP contribution in [0.1, 0.15) is 56.9 Å². The van der Waals surface area contributed by atoms with Crippen molar-refractivity contribution in [2.75, 3.05) is 6.61 Å². The standard InChI is InChI=1S/C27H24ClIO7S/c1-2-34-23-14-15(13-18(29)27(23)36-37(32,33)17-11-9-16(28)10-12-17)24-25-19(30)5-3-7-21(25)35-22-8-4-6-20(31)26(22)24/h9-14,24H,2-8H2,1H3. The molecule has 0 amide bonds. The van der Waals surface area contributed by atoms with E-state index in [0.29, 0.717) is 75.3 Å². The van der Waals surface area contributed by atoms with Gasteiger partial charge in [-0.25, -0.2) is 0 Å². The van der Waals surface area contributed by atoms with E-state index in [9.17, 15) is 18.0 Å². The summed E-state index contributed by atoms with van der Waals surface area (Å²) in [5.74, 6) is 0.867. The van der Waals surface area contributed by atoms with Crippen LogP contribution >= 0.6 is 34.2 Å². The maximum atomic E-state index is 13.1. The van der Waals surface area contributed by atoms with Gasteiger partial charge in [-0.05, 0) is 84.3 Å². The topological polar surface area (TPSA) is 96.0 Å². The molecule has 0 aromatic heterocycles. The Kier molecular flexibility index (Phi) is 7.39. The second-order valence-electron chi connectivity index (χ2n) is 9.02. The molecule has 0 radical (unpaired) electrons. The smallest absolute Gasteiger partial charge is 0.339 e. The third kappa shape index (κ3) is 5.05. The van der Waals surface area contributed by atoms with Crippen LogP contribution in [0.15, 0.2) is 64.0 Å². The van der Waals surface area contributed by atoms with E-state index in [1.165, 1.54) is 24.3 Å². The van der Waals surface area contributed by atoms with Crippen molar-refractivity contribution in [1.82, 2.24) is 0 Å². The molecule has 0 N–H and O–H groups in total. The van der Waals surface area contributed by atoms with Crippen molar-refractivity contribution in [3.05, 3.63) is 73.2 Å². The number of allylic oxidation sites excluding steroid dienone is 4. The number of benzene rings is 2. The predicted octanol–water partition coefficient (Wildman–Crippen LogP) is 6.24. The van der Waals surface area contributed by atoms with Crippen molar-refractivity contribution >= 4 is 55.9 Å². The molecule has 7 nitrogen and oxygen atoms in total. The minimum atomic E-state index is -4.18. The van der Waals surface area contributed by atoms with Crippen LogP contribution in [0.2, 0.25) is 5.02 Å². The number of hydrogen-bond acceptors (Lipinski definition) is 7. The van der Waals surface area contributed by atoms with Gasteiger partial charge in [0.1, 0.15) is 16.4 Å². The molecule has 2 aromatic rings. The van der Waals surface area contributed by atoms with Gasteiger partial charge in [0.2, 0.25) is 0 Å². The zero-order chi connectivity index (χ0) is 26.3. The van der Waals surface area contributed by atoms with Gasteiger partial charge in [0.05, 0.1) is 10.2 Å². The summed E-state index contributed by atoms with van der Waals surface area (Å²) in [5, 5.41) is 0.404. The number of ether oxygens (including phenoxy) is 2. The highest BCUT2D eigenvalue weighted by molar-refractivity contribution is 14.1. The molecule has 10 heteroatoms. The second-order valence-corrected chi connectivity index (χ2v) is 12.2. The molecule has 0 fully saturated rings. The van der Waals surface area contributed by atoms with Gasteiger partial charge in [0.15, 0.2) is 23.1 Å². The molecule has 0 bridgehead atoms. The average molecular weight is 655 g/mol. The first-order valence-electron chi connectivity index (χ1n) is 12.1. The van der Waals surface area contributed by atoms with Gasteiger partial charge in [0, 0.05) is 47.8 Å². The summed E-state index contributed by atoms with van der Waals surface area (Å²) in [6.07, 6.45) is 3.48. The minimum absolute atomic E-state index is 0.0326. The summed E-state index contributed by atoms with van der Waals surface area (Å²) in [4.78, 5) is 26.2. The van der Waals surface area contributed by atoms with E-state index in [0.717, 1.165) is 0 Å². The molecule has 0 unspecified atom stereocenters. The highest BCUT2D eigenvalue weighted by Gasteiger charge is 2.42. The van der Waals surface area contributed by atoms with Gasteiger partial charge in [-0.2, -0.15) is 8.42 Å². The normalized spacial score (nSPS) is 18.4. The van der Waals surface area contributed by atoms with Gasteiger partial charge in [-0.3, -0.25) is 9.59 Å². The maximum absolute atomic E-state index is 13.1. The Hall–Kier alpha value is -2.37. The lowest BCUT2D eigenvalue weighted by atomic mass is 9.73. The second kappa shape index (κ2) is 10.4. The monoisotopic (exact) mass is 654 g/mol. The molecule has 2 aliphatic carbocycles. The first-order valence-corrected chi connectivity index (χ1v) is 14.9. The molecule has 0 spiro atoms. The fraction of sp³-hybridized carbons (Fsp3) is 0.333. The summed E-state index contributed by atoms with van der Waals surface area (Å²) >= 11 is 7.90. The van der Waals surface area contributed by atoms with Crippen LogP contribution in [0.5, 0.6) is 11.5 Å². The van der Waals surface area contributed by atoms with Crippen LogP contribution in [0.25, 0.3) is 0 Å². The van der Waals surface area contributed by atoms with E-state index in [1.807, 2.05) is 22.6 Å². The molecule has 194 valence electrons. The van der Waals surface area contributed by atoms with Crippen LogP contribution in [0, 0.1) is 3.57 Å². The molecule has 3 aliphatic rings. The van der Waals surface area contributed by atoms with Crippen molar-refractivity contribution < 1.29 is 31.7 Å². The van der Waals surface area contributed by atoms with Gasteiger partial charge < -0.3 is 13.7 Å². The molecule has 5 rings (SSSR count). The van der Waals surface area contributed by atoms with Gasteiger partial charge in [-0.1, -0.05) is 11.6 Å². The number of halogens is 2. The Bertz CT molecular complexity index is 1420. The molecule has 0 saturated carbocycles. The van der Waals surface area contributed by atoms with E-state index in [2.05, 4.69) is 0 Å². The van der Waals surface area contributed by atoms with Gasteiger partial charge in [0.25, 0.3) is 0 Å². The summed E-state index contributed by atoms with van der Waals surface area (Å²) in [6.45, 7) is 2.03. The Balaban J connectivity index is 1.62. The quantitative estimate of drug-likeness (QED) is 0.269. The molecule has 37 heavy (non-hydrogen) atoms. The van der Waals surface area contributed by atoms with Crippen LogP contribution < -0.4 is 8.92 Å². The van der Waals surface area contributed by atoms with Crippen LogP contribution in [-0.4, -0.2) is 26.6 Å². The average Bonchev–Trinajstić information content (AvgIpc) is 2.85. The van der Waals surface area contributed by atoms with Gasteiger partial charge >= 0.3 is 10.1 Å². The maximum Gasteiger partial charge on any atom is 0.339 e. The Morgan fingerprint density at radius 2 is 1.57 bits per heavy atom. The van der Waals surface area contributed by atoms with E-state index in [-0.39, 0.29) is 34.6 Å². The largest absolute Gasteiger partial charge is 0.490 e. The minimum Gasteiger partial charge on any atom is -0.490 e. The summed E-state index contributed by atoms with van der Waals surface area (Å²) in [6, 6.07) is 9.11. The summed E-state index contributed by atoms with van der Waals surface area (Å²) in [5.41, 5.74) is 1.69. The number of Topliss-reactive ketones (excluding diaryl/α,β-unsaturated/α-hetero) is 2. The zero-order valence-corrected chi connectivity index (χ0v) is 23.7. The summed E-state index contributed by atoms with van der Waals surface area (Å²) < 4.78 is 44.0. The predicted molar refractivity (Wildman–Crippen MR) is 145 cm³/mol. The van der Waals surface area contributed by atoms with Crippen molar-refractivity contribution in [1.29, 1.82) is 0 Å². The van der Waals surface area contributed by atoms with E-state index >= 15 is 0 Å². The van der Waals surface area contributed by atoms with E-state index < -0.39 is 16.0 Å². The SMILES string of the molecule is CCOc1cc(C2C3=C(CCCC3=O)OC3=C2C(=O)CCC3)cc(I)c1OS(=O)(=O)c1ccc(Cl)cc1. The number of carbonyl (C=O) groups excluding carboxylic acids is 2. The molecule has 2 aromatic carbocycles. The molecule has 0 atom stereocenters. The Morgan fingerprint density at radius 3 is 2.14 bits per heavy atom. The fourth-order valence-electron chi connectivity index (χ4n) is 5.01. The number of carbonyl (C=O) groups is 2. The Morgan fingerprint density at radius 1 is 0.973 bits per heavy atom. The Labute approximate surface area is 234 Å². The lowest BCUT2D eigenvalue weighted by molar-refractivity contribution is -0.117. The molecule has 1 heterocycles. The lowest BCUT2D eigenvalue weighted by Gasteiger charge is -2.36. The van der Waals surface area contributed by atoms with Crippen LogP contribution in [0.4, 0.5) is 0 Å². The third-order valence-corrected chi connectivity index (χ3v) is 8.89. The van der Waals surface area contributed by atoms with Crippen molar-refractivity contribution in [2.24, 2.45) is 0 Å². The van der Waals surface area contributed by atoms with Crippen LogP contribution in [0.3, 0.4) is 0 Å². The van der Waals surface area contributed by atoms with Crippen molar-refractivity contribution in [2.45, 2.75) is 56.3 Å².